The Kier molecular flexibility index (Phi) is 3.95. The van der Waals surface area contributed by atoms with Crippen LogP contribution in [-0.2, 0) is 9.59 Å². The van der Waals surface area contributed by atoms with Crippen LogP contribution in [0.2, 0.25) is 0 Å². The summed E-state index contributed by atoms with van der Waals surface area (Å²) in [5.41, 5.74) is 2.97. The summed E-state index contributed by atoms with van der Waals surface area (Å²) >= 11 is 0. The van der Waals surface area contributed by atoms with Crippen LogP contribution in [-0.4, -0.2) is 28.4 Å². The molecule has 0 spiro atoms. The molecule has 1 aliphatic rings. The van der Waals surface area contributed by atoms with Crippen LogP contribution in [0.15, 0.2) is 18.2 Å². The second kappa shape index (κ2) is 5.37. The number of benzene rings is 1. The molecule has 3 unspecified atom stereocenters. The minimum atomic E-state index is -0.834. The van der Waals surface area contributed by atoms with E-state index in [0.29, 0.717) is 0 Å². The Morgan fingerprint density at radius 1 is 1.10 bits per heavy atom. The van der Waals surface area contributed by atoms with Crippen LogP contribution < -0.4 is 0 Å². The van der Waals surface area contributed by atoms with Gasteiger partial charge in [-0.2, -0.15) is 0 Å². The van der Waals surface area contributed by atoms with Gasteiger partial charge in [0.15, 0.2) is 0 Å². The van der Waals surface area contributed by atoms with E-state index in [9.17, 15) is 14.7 Å². The number of β-amino-alcohol motifs (C(OH)–C–C–N with tert-alkyl or cyclic N) is 1. The van der Waals surface area contributed by atoms with Crippen LogP contribution in [0.3, 0.4) is 0 Å². The summed E-state index contributed by atoms with van der Waals surface area (Å²) in [6, 6.07) is 5.68. The molecular formula is C16H21NO3. The maximum Gasteiger partial charge on any atom is 0.232 e. The zero-order valence-electron chi connectivity index (χ0n) is 12.4. The van der Waals surface area contributed by atoms with Gasteiger partial charge in [0.25, 0.3) is 0 Å². The maximum absolute atomic E-state index is 12.0. The van der Waals surface area contributed by atoms with Gasteiger partial charge in [-0.3, -0.25) is 14.5 Å². The molecule has 0 aromatic heterocycles. The molecule has 108 valence electrons. The number of aryl methyl sites for hydroxylation is 2. The number of carbonyl (C=O) groups excluding carboxylic acids is 2. The first-order chi connectivity index (χ1) is 9.32. The first-order valence-corrected chi connectivity index (χ1v) is 6.93. The van der Waals surface area contributed by atoms with Crippen LogP contribution in [0.5, 0.6) is 0 Å². The van der Waals surface area contributed by atoms with E-state index < -0.39 is 6.10 Å². The number of likely N-dealkylation sites (tertiary alicyclic amines) is 1. The SMILES string of the molecule is Cc1ccc(C(O)CN2C(=O)C(C)C(C)C2=O)cc1C. The van der Waals surface area contributed by atoms with E-state index in [0.717, 1.165) is 16.7 Å². The standard InChI is InChI=1S/C16H21NO3/c1-9-5-6-13(7-10(9)2)14(18)8-17-15(19)11(3)12(4)16(17)20/h5-7,11-12,14,18H,8H2,1-4H3. The minimum absolute atomic E-state index is 0.0366. The number of imide groups is 1. The Morgan fingerprint density at radius 2 is 1.65 bits per heavy atom. The molecule has 20 heavy (non-hydrogen) atoms. The number of aliphatic hydroxyl groups excluding tert-OH is 1. The van der Waals surface area contributed by atoms with Crippen LogP contribution in [0.4, 0.5) is 0 Å². The van der Waals surface area contributed by atoms with Crippen LogP contribution >= 0.6 is 0 Å². The van der Waals surface area contributed by atoms with Gasteiger partial charge in [-0.1, -0.05) is 32.0 Å². The summed E-state index contributed by atoms with van der Waals surface area (Å²) in [6.07, 6.45) is -0.834. The molecule has 1 heterocycles. The molecule has 0 bridgehead atoms. The molecule has 2 rings (SSSR count). The fourth-order valence-electron chi connectivity index (χ4n) is 2.46. The van der Waals surface area contributed by atoms with Crippen LogP contribution in [0, 0.1) is 25.7 Å². The predicted molar refractivity (Wildman–Crippen MR) is 75.9 cm³/mol. The molecule has 0 radical (unpaired) electrons. The molecule has 1 aliphatic heterocycles. The second-order valence-electron chi connectivity index (χ2n) is 5.72. The summed E-state index contributed by atoms with van der Waals surface area (Å²) in [5, 5.41) is 10.3. The van der Waals surface area contributed by atoms with Crippen molar-refractivity contribution >= 4 is 11.8 Å². The van der Waals surface area contributed by atoms with Crippen molar-refractivity contribution < 1.29 is 14.7 Å². The third-order valence-corrected chi connectivity index (χ3v) is 4.33. The Balaban J connectivity index is 2.15. The van der Waals surface area contributed by atoms with Gasteiger partial charge in [-0.25, -0.2) is 0 Å². The predicted octanol–water partition coefficient (Wildman–Crippen LogP) is 1.98. The van der Waals surface area contributed by atoms with Gasteiger partial charge in [0.05, 0.1) is 12.6 Å². The molecule has 2 amide bonds. The van der Waals surface area contributed by atoms with Crippen LogP contribution in [0.25, 0.3) is 0 Å². The number of aliphatic hydroxyl groups is 1. The van der Waals surface area contributed by atoms with E-state index in [2.05, 4.69) is 0 Å². The van der Waals surface area contributed by atoms with Crippen molar-refractivity contribution in [2.45, 2.75) is 33.8 Å². The lowest BCUT2D eigenvalue weighted by molar-refractivity contribution is -0.141. The minimum Gasteiger partial charge on any atom is -0.387 e. The van der Waals surface area contributed by atoms with Crippen molar-refractivity contribution in [1.82, 2.24) is 4.90 Å². The summed E-state index contributed by atoms with van der Waals surface area (Å²) in [6.45, 7) is 7.53. The van der Waals surface area contributed by atoms with Crippen molar-refractivity contribution in [3.8, 4) is 0 Å². The molecule has 1 fully saturated rings. The fraction of sp³-hybridized carbons (Fsp3) is 0.500. The highest BCUT2D eigenvalue weighted by molar-refractivity contribution is 6.04. The largest absolute Gasteiger partial charge is 0.387 e. The normalized spacial score (nSPS) is 24.4. The van der Waals surface area contributed by atoms with Gasteiger partial charge in [-0.05, 0) is 30.5 Å². The highest BCUT2D eigenvalue weighted by Gasteiger charge is 2.42. The van der Waals surface area contributed by atoms with E-state index in [1.165, 1.54) is 4.90 Å². The molecule has 4 heteroatoms. The highest BCUT2D eigenvalue weighted by Crippen LogP contribution is 2.27. The number of rotatable bonds is 3. The molecular weight excluding hydrogens is 254 g/mol. The van der Waals surface area contributed by atoms with Gasteiger partial charge >= 0.3 is 0 Å². The maximum atomic E-state index is 12.0. The molecule has 1 N–H and O–H groups in total. The number of carbonyl (C=O) groups is 2. The van der Waals surface area contributed by atoms with Crippen LogP contribution in [0.1, 0.15) is 36.6 Å². The quantitative estimate of drug-likeness (QED) is 0.858. The lowest BCUT2D eigenvalue weighted by Crippen LogP contribution is -2.34. The zero-order chi connectivity index (χ0) is 15.0. The summed E-state index contributed by atoms with van der Waals surface area (Å²) in [7, 11) is 0. The van der Waals surface area contributed by atoms with Gasteiger partial charge in [0.2, 0.25) is 11.8 Å². The summed E-state index contributed by atoms with van der Waals surface area (Å²) in [4.78, 5) is 25.2. The number of hydrogen-bond acceptors (Lipinski definition) is 3. The van der Waals surface area contributed by atoms with Gasteiger partial charge in [0, 0.05) is 11.8 Å². The Labute approximate surface area is 119 Å². The Bertz CT molecular complexity index is 533. The van der Waals surface area contributed by atoms with Gasteiger partial charge in [0.1, 0.15) is 0 Å². The molecule has 1 aromatic carbocycles. The fourth-order valence-corrected chi connectivity index (χ4v) is 2.46. The molecule has 0 saturated carbocycles. The molecule has 0 aliphatic carbocycles. The topological polar surface area (TPSA) is 57.6 Å². The van der Waals surface area contributed by atoms with Gasteiger partial charge in [-0.15, -0.1) is 0 Å². The second-order valence-corrected chi connectivity index (χ2v) is 5.72. The number of nitrogens with zero attached hydrogens (tertiary/aromatic N) is 1. The summed E-state index contributed by atoms with van der Waals surface area (Å²) in [5.74, 6) is -0.973. The smallest absolute Gasteiger partial charge is 0.232 e. The lowest BCUT2D eigenvalue weighted by Gasteiger charge is -2.20. The average Bonchev–Trinajstić information content (AvgIpc) is 2.59. The Morgan fingerprint density at radius 3 is 2.15 bits per heavy atom. The highest BCUT2D eigenvalue weighted by atomic mass is 16.3. The number of hydrogen-bond donors (Lipinski definition) is 1. The van der Waals surface area contributed by atoms with Crippen molar-refractivity contribution in [3.05, 3.63) is 34.9 Å². The van der Waals surface area contributed by atoms with Crippen molar-refractivity contribution in [2.75, 3.05) is 6.54 Å². The Hall–Kier alpha value is -1.68. The third-order valence-electron chi connectivity index (χ3n) is 4.33. The van der Waals surface area contributed by atoms with E-state index in [-0.39, 0.29) is 30.2 Å². The van der Waals surface area contributed by atoms with Crippen molar-refractivity contribution in [1.29, 1.82) is 0 Å². The summed E-state index contributed by atoms with van der Waals surface area (Å²) < 4.78 is 0. The molecule has 1 saturated heterocycles. The first-order valence-electron chi connectivity index (χ1n) is 6.93. The van der Waals surface area contributed by atoms with E-state index in [1.807, 2.05) is 32.0 Å². The van der Waals surface area contributed by atoms with Crippen molar-refractivity contribution in [2.24, 2.45) is 11.8 Å². The third kappa shape index (κ3) is 2.48. The monoisotopic (exact) mass is 275 g/mol. The van der Waals surface area contributed by atoms with Crippen molar-refractivity contribution in [3.63, 3.8) is 0 Å². The van der Waals surface area contributed by atoms with Gasteiger partial charge < -0.3 is 5.11 Å². The van der Waals surface area contributed by atoms with E-state index in [4.69, 9.17) is 0 Å². The van der Waals surface area contributed by atoms with E-state index in [1.54, 1.807) is 13.8 Å². The molecule has 3 atom stereocenters. The van der Waals surface area contributed by atoms with E-state index >= 15 is 0 Å². The number of amides is 2. The average molecular weight is 275 g/mol. The zero-order valence-corrected chi connectivity index (χ0v) is 12.4. The lowest BCUT2D eigenvalue weighted by atomic mass is 10.00. The first kappa shape index (κ1) is 14.7. The molecule has 4 nitrogen and oxygen atoms in total. The molecule has 1 aromatic rings.